The zero-order valence-electron chi connectivity index (χ0n) is 15.0. The molecule has 4 nitrogen and oxygen atoms in total. The number of hydrogen-bond acceptors (Lipinski definition) is 2. The molecule has 1 aliphatic rings. The van der Waals surface area contributed by atoms with Gasteiger partial charge >= 0.3 is 0 Å². The predicted molar refractivity (Wildman–Crippen MR) is 108 cm³/mol. The second-order valence-corrected chi connectivity index (χ2v) is 7.58. The zero-order valence-corrected chi connectivity index (χ0v) is 16.5. The lowest BCUT2D eigenvalue weighted by Gasteiger charge is -2.25. The number of nitrogens with one attached hydrogen (secondary N) is 1. The molecular weight excluding hydrogens is 383 g/mol. The standard InChI is InChI=1S/C21H22Cl2N2O2/c22-17-7-6-16(19(23)12-17)14-25-18(8-9-21(25)27)13-20(26)24-11-10-15-4-2-1-3-5-15/h1-7,12,18H,8-11,13-14H2,(H,24,26). The van der Waals surface area contributed by atoms with Crippen molar-refractivity contribution in [3.8, 4) is 0 Å². The number of amides is 2. The topological polar surface area (TPSA) is 49.4 Å². The van der Waals surface area contributed by atoms with E-state index in [1.807, 2.05) is 36.4 Å². The van der Waals surface area contributed by atoms with Crippen LogP contribution in [0.4, 0.5) is 0 Å². The van der Waals surface area contributed by atoms with Crippen LogP contribution in [0, 0.1) is 0 Å². The molecule has 1 unspecified atom stereocenters. The third kappa shape index (κ3) is 5.47. The molecule has 27 heavy (non-hydrogen) atoms. The molecule has 0 radical (unpaired) electrons. The van der Waals surface area contributed by atoms with Crippen molar-refractivity contribution in [2.45, 2.75) is 38.3 Å². The molecule has 142 valence electrons. The fourth-order valence-corrected chi connectivity index (χ4v) is 3.80. The number of halogens is 2. The summed E-state index contributed by atoms with van der Waals surface area (Å²) < 4.78 is 0. The van der Waals surface area contributed by atoms with Crippen LogP contribution >= 0.6 is 23.2 Å². The van der Waals surface area contributed by atoms with Crippen molar-refractivity contribution < 1.29 is 9.59 Å². The van der Waals surface area contributed by atoms with Gasteiger partial charge in [0.05, 0.1) is 0 Å². The third-order valence-corrected chi connectivity index (χ3v) is 5.39. The van der Waals surface area contributed by atoms with E-state index in [9.17, 15) is 9.59 Å². The summed E-state index contributed by atoms with van der Waals surface area (Å²) in [6, 6.07) is 15.2. The SMILES string of the molecule is O=C(CC1CCC(=O)N1Cc1ccc(Cl)cc1Cl)NCCc1ccccc1. The number of benzene rings is 2. The summed E-state index contributed by atoms with van der Waals surface area (Å²) in [4.78, 5) is 26.3. The number of nitrogens with zero attached hydrogens (tertiary/aromatic N) is 1. The normalized spacial score (nSPS) is 16.6. The van der Waals surface area contributed by atoms with E-state index in [1.54, 1.807) is 17.0 Å². The Morgan fingerprint density at radius 3 is 2.67 bits per heavy atom. The van der Waals surface area contributed by atoms with Gasteiger partial charge in [0, 0.05) is 42.0 Å². The maximum atomic E-state index is 12.3. The van der Waals surface area contributed by atoms with E-state index in [4.69, 9.17) is 23.2 Å². The Hall–Kier alpha value is -2.04. The first-order valence-electron chi connectivity index (χ1n) is 9.07. The van der Waals surface area contributed by atoms with Crippen molar-refractivity contribution in [3.63, 3.8) is 0 Å². The first kappa shape index (κ1) is 19.7. The molecule has 0 aliphatic carbocycles. The Kier molecular flexibility index (Phi) is 6.75. The highest BCUT2D eigenvalue weighted by Crippen LogP contribution is 2.28. The van der Waals surface area contributed by atoms with E-state index in [0.717, 1.165) is 12.0 Å². The highest BCUT2D eigenvalue weighted by Gasteiger charge is 2.32. The van der Waals surface area contributed by atoms with E-state index in [0.29, 0.717) is 42.4 Å². The molecule has 1 saturated heterocycles. The lowest BCUT2D eigenvalue weighted by Crippen LogP contribution is -2.37. The second-order valence-electron chi connectivity index (χ2n) is 6.74. The van der Waals surface area contributed by atoms with Gasteiger partial charge in [0.15, 0.2) is 0 Å². The Balaban J connectivity index is 1.53. The van der Waals surface area contributed by atoms with Crippen LogP contribution in [0.15, 0.2) is 48.5 Å². The zero-order chi connectivity index (χ0) is 19.2. The maximum absolute atomic E-state index is 12.3. The first-order valence-corrected chi connectivity index (χ1v) is 9.82. The summed E-state index contributed by atoms with van der Waals surface area (Å²) in [5.41, 5.74) is 2.03. The fraction of sp³-hybridized carbons (Fsp3) is 0.333. The van der Waals surface area contributed by atoms with E-state index in [2.05, 4.69) is 5.32 Å². The molecule has 3 rings (SSSR count). The highest BCUT2D eigenvalue weighted by molar-refractivity contribution is 6.35. The summed E-state index contributed by atoms with van der Waals surface area (Å²) in [5, 5.41) is 4.05. The van der Waals surface area contributed by atoms with E-state index in [1.165, 1.54) is 5.56 Å². The van der Waals surface area contributed by atoms with Crippen LogP contribution in [0.3, 0.4) is 0 Å². The summed E-state index contributed by atoms with van der Waals surface area (Å²) in [6.45, 7) is 0.989. The molecule has 6 heteroatoms. The summed E-state index contributed by atoms with van der Waals surface area (Å²) in [6.07, 6.45) is 2.26. The van der Waals surface area contributed by atoms with Crippen LogP contribution in [0.5, 0.6) is 0 Å². The minimum absolute atomic E-state index is 0.0298. The van der Waals surface area contributed by atoms with Crippen LogP contribution in [0.2, 0.25) is 10.0 Å². The lowest BCUT2D eigenvalue weighted by atomic mass is 10.1. The smallest absolute Gasteiger partial charge is 0.223 e. The summed E-state index contributed by atoms with van der Waals surface area (Å²) >= 11 is 12.2. The number of rotatable bonds is 7. The van der Waals surface area contributed by atoms with Crippen molar-refractivity contribution >= 4 is 35.0 Å². The molecular formula is C21H22Cl2N2O2. The first-order chi connectivity index (χ1) is 13.0. The largest absolute Gasteiger partial charge is 0.356 e. The third-order valence-electron chi connectivity index (χ3n) is 4.81. The molecule has 2 aromatic rings. The van der Waals surface area contributed by atoms with Crippen LogP contribution in [0.25, 0.3) is 0 Å². The van der Waals surface area contributed by atoms with Gasteiger partial charge in [0.1, 0.15) is 0 Å². The van der Waals surface area contributed by atoms with Gasteiger partial charge in [-0.15, -0.1) is 0 Å². The number of likely N-dealkylation sites (tertiary alicyclic amines) is 1. The molecule has 1 heterocycles. The number of carbonyl (C=O) groups excluding carboxylic acids is 2. The van der Waals surface area contributed by atoms with Crippen LogP contribution in [-0.4, -0.2) is 29.3 Å². The molecule has 1 atom stereocenters. The van der Waals surface area contributed by atoms with Gasteiger partial charge in [0.2, 0.25) is 11.8 Å². The molecule has 1 fully saturated rings. The van der Waals surface area contributed by atoms with E-state index in [-0.39, 0.29) is 17.9 Å². The van der Waals surface area contributed by atoms with Crippen LogP contribution in [0.1, 0.15) is 30.4 Å². The fourth-order valence-electron chi connectivity index (χ4n) is 3.33. The Morgan fingerprint density at radius 2 is 1.93 bits per heavy atom. The predicted octanol–water partition coefficient (Wildman–Crippen LogP) is 4.23. The summed E-state index contributed by atoms with van der Waals surface area (Å²) in [7, 11) is 0. The van der Waals surface area contributed by atoms with E-state index < -0.39 is 0 Å². The second kappa shape index (κ2) is 9.25. The van der Waals surface area contributed by atoms with Gasteiger partial charge in [0.25, 0.3) is 0 Å². The average Bonchev–Trinajstić information content (AvgIpc) is 2.98. The molecule has 2 amide bonds. The summed E-state index contributed by atoms with van der Waals surface area (Å²) in [5.74, 6) is 0.0286. The van der Waals surface area contributed by atoms with Gasteiger partial charge in [-0.2, -0.15) is 0 Å². The lowest BCUT2D eigenvalue weighted by molar-refractivity contribution is -0.130. The minimum atomic E-state index is -0.0963. The highest BCUT2D eigenvalue weighted by atomic mass is 35.5. The molecule has 1 N–H and O–H groups in total. The molecule has 0 bridgehead atoms. The average molecular weight is 405 g/mol. The maximum Gasteiger partial charge on any atom is 0.223 e. The Morgan fingerprint density at radius 1 is 1.15 bits per heavy atom. The van der Waals surface area contributed by atoms with Gasteiger partial charge in [-0.3, -0.25) is 9.59 Å². The van der Waals surface area contributed by atoms with Crippen molar-refractivity contribution in [1.29, 1.82) is 0 Å². The van der Waals surface area contributed by atoms with Crippen molar-refractivity contribution in [2.24, 2.45) is 0 Å². The molecule has 2 aromatic carbocycles. The van der Waals surface area contributed by atoms with Crippen LogP contribution in [-0.2, 0) is 22.6 Å². The monoisotopic (exact) mass is 404 g/mol. The van der Waals surface area contributed by atoms with Gasteiger partial charge < -0.3 is 10.2 Å². The molecule has 0 spiro atoms. The van der Waals surface area contributed by atoms with Crippen LogP contribution < -0.4 is 5.32 Å². The Labute approximate surface area is 169 Å². The van der Waals surface area contributed by atoms with Gasteiger partial charge in [-0.1, -0.05) is 59.6 Å². The van der Waals surface area contributed by atoms with Gasteiger partial charge in [-0.05, 0) is 36.1 Å². The van der Waals surface area contributed by atoms with E-state index >= 15 is 0 Å². The van der Waals surface area contributed by atoms with Gasteiger partial charge in [-0.25, -0.2) is 0 Å². The molecule has 0 aromatic heterocycles. The van der Waals surface area contributed by atoms with Crippen molar-refractivity contribution in [3.05, 3.63) is 69.7 Å². The quantitative estimate of drug-likeness (QED) is 0.750. The van der Waals surface area contributed by atoms with Crippen molar-refractivity contribution in [1.82, 2.24) is 10.2 Å². The minimum Gasteiger partial charge on any atom is -0.356 e. The molecule has 0 saturated carbocycles. The number of hydrogen-bond donors (Lipinski definition) is 1. The van der Waals surface area contributed by atoms with Crippen molar-refractivity contribution in [2.75, 3.05) is 6.54 Å². The number of carbonyl (C=O) groups is 2. The Bertz CT molecular complexity index is 811. The molecule has 1 aliphatic heterocycles.